The smallest absolute Gasteiger partial charge is 0.356 e. The maximum absolute atomic E-state index is 11.5. The summed E-state index contributed by atoms with van der Waals surface area (Å²) in [5.41, 5.74) is 0.584. The van der Waals surface area contributed by atoms with E-state index in [0.29, 0.717) is 10.6 Å². The Kier molecular flexibility index (Phi) is 4.22. The summed E-state index contributed by atoms with van der Waals surface area (Å²) in [6, 6.07) is 4.50. The second-order valence-electron chi connectivity index (χ2n) is 4.26. The number of rotatable bonds is 4. The van der Waals surface area contributed by atoms with Crippen molar-refractivity contribution in [2.75, 3.05) is 7.11 Å². The van der Waals surface area contributed by atoms with Gasteiger partial charge < -0.3 is 14.7 Å². The molecule has 1 aliphatic heterocycles. The molecule has 1 N–H and O–H groups in total. The van der Waals surface area contributed by atoms with Gasteiger partial charge in [0.25, 0.3) is 11.8 Å². The highest BCUT2D eigenvalue weighted by atomic mass is 16.7. The number of phenolic OH excluding ortho intramolecular Hbond substituents is 1. The third-order valence-electron chi connectivity index (χ3n) is 2.80. The number of nitrogens with zero attached hydrogens (tertiary/aromatic N) is 1. The Morgan fingerprint density at radius 1 is 1.29 bits per heavy atom. The highest BCUT2D eigenvalue weighted by Gasteiger charge is 2.32. The summed E-state index contributed by atoms with van der Waals surface area (Å²) < 4.78 is 4.93. The number of aromatic hydroxyl groups is 1. The van der Waals surface area contributed by atoms with E-state index in [-0.39, 0.29) is 24.3 Å². The number of hydrogen-bond donors (Lipinski definition) is 1. The summed E-state index contributed by atoms with van der Waals surface area (Å²) in [5, 5.41) is 9.91. The molecule has 1 fully saturated rings. The van der Waals surface area contributed by atoms with E-state index in [2.05, 4.69) is 4.84 Å². The lowest BCUT2D eigenvalue weighted by Crippen LogP contribution is -2.31. The van der Waals surface area contributed by atoms with Gasteiger partial charge in [0.2, 0.25) is 0 Å². The Labute approximate surface area is 120 Å². The average Bonchev–Trinajstić information content (AvgIpc) is 2.78. The molecule has 0 bridgehead atoms. The van der Waals surface area contributed by atoms with Crippen molar-refractivity contribution in [3.05, 3.63) is 29.8 Å². The summed E-state index contributed by atoms with van der Waals surface area (Å²) in [4.78, 5) is 38.8. The molecule has 0 radical (unpaired) electrons. The Bertz CT molecular complexity index is 606. The molecule has 21 heavy (non-hydrogen) atoms. The zero-order valence-electron chi connectivity index (χ0n) is 11.2. The lowest BCUT2D eigenvalue weighted by atomic mass is 10.2. The minimum absolute atomic E-state index is 0.0227. The predicted molar refractivity (Wildman–Crippen MR) is 70.9 cm³/mol. The van der Waals surface area contributed by atoms with E-state index in [4.69, 9.17) is 4.74 Å². The lowest BCUT2D eigenvalue weighted by Gasteiger charge is -2.10. The first-order chi connectivity index (χ1) is 10.0. The fraction of sp³-hybridized carbons (Fsp3) is 0.214. The predicted octanol–water partition coefficient (Wildman–Crippen LogP) is 1.02. The largest absolute Gasteiger partial charge is 0.504 e. The number of carbonyl (C=O) groups excluding carboxylic acids is 3. The highest BCUT2D eigenvalue weighted by molar-refractivity contribution is 6.02. The van der Waals surface area contributed by atoms with Crippen molar-refractivity contribution < 1.29 is 29.1 Å². The lowest BCUT2D eigenvalue weighted by molar-refractivity contribution is -0.193. The van der Waals surface area contributed by atoms with Crippen LogP contribution < -0.4 is 4.74 Å². The zero-order valence-corrected chi connectivity index (χ0v) is 11.2. The number of imide groups is 1. The van der Waals surface area contributed by atoms with Crippen molar-refractivity contribution in [3.8, 4) is 11.5 Å². The molecule has 0 spiro atoms. The molecule has 0 unspecified atom stereocenters. The second-order valence-corrected chi connectivity index (χ2v) is 4.26. The van der Waals surface area contributed by atoms with Gasteiger partial charge in [0.15, 0.2) is 11.5 Å². The molecule has 1 aromatic rings. The number of hydrogen-bond acceptors (Lipinski definition) is 6. The summed E-state index contributed by atoms with van der Waals surface area (Å²) in [5.74, 6) is -1.67. The van der Waals surface area contributed by atoms with Crippen LogP contribution in [0.2, 0.25) is 0 Å². The molecular formula is C14H13NO6. The van der Waals surface area contributed by atoms with Gasteiger partial charge >= 0.3 is 5.97 Å². The average molecular weight is 291 g/mol. The maximum Gasteiger partial charge on any atom is 0.356 e. The molecule has 1 aliphatic rings. The van der Waals surface area contributed by atoms with Crippen molar-refractivity contribution in [2.24, 2.45) is 0 Å². The van der Waals surface area contributed by atoms with Crippen molar-refractivity contribution in [1.82, 2.24) is 5.06 Å². The molecule has 0 aromatic heterocycles. The quantitative estimate of drug-likeness (QED) is 0.657. The first kappa shape index (κ1) is 14.6. The number of ether oxygens (including phenoxy) is 1. The van der Waals surface area contributed by atoms with Crippen LogP contribution in [0.25, 0.3) is 6.08 Å². The van der Waals surface area contributed by atoms with Gasteiger partial charge in [-0.05, 0) is 23.8 Å². The van der Waals surface area contributed by atoms with E-state index in [9.17, 15) is 19.5 Å². The number of phenols is 1. The fourth-order valence-electron chi connectivity index (χ4n) is 1.74. The first-order valence-electron chi connectivity index (χ1n) is 6.14. The number of amides is 2. The molecule has 2 amide bonds. The van der Waals surface area contributed by atoms with E-state index in [1.807, 2.05) is 0 Å². The minimum Gasteiger partial charge on any atom is -0.504 e. The summed E-state index contributed by atoms with van der Waals surface area (Å²) in [6.45, 7) is 0. The van der Waals surface area contributed by atoms with Gasteiger partial charge in [-0.2, -0.15) is 0 Å². The van der Waals surface area contributed by atoms with Gasteiger partial charge in [-0.25, -0.2) is 4.79 Å². The molecule has 2 rings (SSSR count). The minimum atomic E-state index is -0.842. The van der Waals surface area contributed by atoms with Crippen LogP contribution >= 0.6 is 0 Å². The van der Waals surface area contributed by atoms with Crippen molar-refractivity contribution in [1.29, 1.82) is 0 Å². The Morgan fingerprint density at radius 2 is 1.95 bits per heavy atom. The SMILES string of the molecule is COc1cc(/C=C/C(=O)ON2C(=O)CCC2=O)ccc1O. The number of carbonyl (C=O) groups is 3. The van der Waals surface area contributed by atoms with Gasteiger partial charge in [0, 0.05) is 18.9 Å². The topological polar surface area (TPSA) is 93.1 Å². The summed E-state index contributed by atoms with van der Waals surface area (Å²) in [6.07, 6.45) is 2.58. The first-order valence-corrected chi connectivity index (χ1v) is 6.14. The van der Waals surface area contributed by atoms with E-state index in [0.717, 1.165) is 6.08 Å². The Hall–Kier alpha value is -2.83. The molecule has 0 saturated carbocycles. The molecule has 1 saturated heterocycles. The molecular weight excluding hydrogens is 278 g/mol. The monoisotopic (exact) mass is 291 g/mol. The second kappa shape index (κ2) is 6.08. The van der Waals surface area contributed by atoms with Crippen LogP contribution in [-0.4, -0.2) is 35.1 Å². The van der Waals surface area contributed by atoms with Gasteiger partial charge in [-0.15, -0.1) is 5.06 Å². The number of benzene rings is 1. The number of hydroxylamine groups is 2. The third-order valence-corrected chi connectivity index (χ3v) is 2.80. The number of methoxy groups -OCH3 is 1. The molecule has 1 heterocycles. The van der Waals surface area contributed by atoms with Gasteiger partial charge in [0.1, 0.15) is 0 Å². The van der Waals surface area contributed by atoms with E-state index in [1.54, 1.807) is 6.07 Å². The summed E-state index contributed by atoms with van der Waals surface area (Å²) in [7, 11) is 1.40. The van der Waals surface area contributed by atoms with Crippen molar-refractivity contribution >= 4 is 23.9 Å². The molecule has 110 valence electrons. The van der Waals surface area contributed by atoms with Crippen LogP contribution in [0.15, 0.2) is 24.3 Å². The Morgan fingerprint density at radius 3 is 2.57 bits per heavy atom. The van der Waals surface area contributed by atoms with Crippen LogP contribution in [0.5, 0.6) is 11.5 Å². The molecule has 0 aliphatic carbocycles. The van der Waals surface area contributed by atoms with Crippen LogP contribution in [0.4, 0.5) is 0 Å². The molecule has 1 aromatic carbocycles. The molecule has 7 nitrogen and oxygen atoms in total. The molecule has 7 heteroatoms. The normalized spacial score (nSPS) is 14.8. The van der Waals surface area contributed by atoms with Crippen LogP contribution in [0, 0.1) is 0 Å². The summed E-state index contributed by atoms with van der Waals surface area (Å²) >= 11 is 0. The van der Waals surface area contributed by atoms with E-state index in [1.165, 1.54) is 25.3 Å². The van der Waals surface area contributed by atoms with E-state index < -0.39 is 17.8 Å². The van der Waals surface area contributed by atoms with E-state index >= 15 is 0 Å². The van der Waals surface area contributed by atoms with Crippen LogP contribution in [0.3, 0.4) is 0 Å². The van der Waals surface area contributed by atoms with Crippen molar-refractivity contribution in [2.45, 2.75) is 12.8 Å². The fourth-order valence-corrected chi connectivity index (χ4v) is 1.74. The highest BCUT2D eigenvalue weighted by Crippen LogP contribution is 2.26. The van der Waals surface area contributed by atoms with Crippen LogP contribution in [-0.2, 0) is 19.2 Å². The maximum atomic E-state index is 11.5. The standard InChI is InChI=1S/C14H13NO6/c1-20-11-8-9(2-4-10(11)16)3-7-14(19)21-15-12(17)5-6-13(15)18/h2-4,7-8,16H,5-6H2,1H3/b7-3+. The Balaban J connectivity index is 2.02. The van der Waals surface area contributed by atoms with Gasteiger partial charge in [-0.1, -0.05) is 6.07 Å². The van der Waals surface area contributed by atoms with Gasteiger partial charge in [-0.3, -0.25) is 9.59 Å². The van der Waals surface area contributed by atoms with Crippen molar-refractivity contribution in [3.63, 3.8) is 0 Å². The molecule has 0 atom stereocenters. The zero-order chi connectivity index (χ0) is 15.4. The third kappa shape index (κ3) is 3.38. The van der Waals surface area contributed by atoms with Gasteiger partial charge in [0.05, 0.1) is 7.11 Å². The van der Waals surface area contributed by atoms with Crippen LogP contribution in [0.1, 0.15) is 18.4 Å².